The summed E-state index contributed by atoms with van der Waals surface area (Å²) in [6.45, 7) is 0.319. The van der Waals surface area contributed by atoms with Crippen molar-refractivity contribution in [1.29, 1.82) is 0 Å². The minimum atomic E-state index is -0.878. The standard InChI is InChI=1S/C13H16FNO4/c1-18-10-4-3-8(14)11(12(10)19-2)9-5-7(6-15-9)13(16)17/h3-4,7,9,15H,5-6H2,1-2H3,(H,16,17). The number of ether oxygens (including phenoxy) is 2. The Labute approximate surface area is 110 Å². The first-order valence-electron chi connectivity index (χ1n) is 5.95. The monoisotopic (exact) mass is 269 g/mol. The molecule has 0 aliphatic carbocycles. The van der Waals surface area contributed by atoms with Gasteiger partial charge in [0.15, 0.2) is 11.5 Å². The molecular weight excluding hydrogens is 253 g/mol. The molecule has 104 valence electrons. The highest BCUT2D eigenvalue weighted by Crippen LogP contribution is 2.40. The van der Waals surface area contributed by atoms with Crippen molar-refractivity contribution in [3.05, 3.63) is 23.5 Å². The van der Waals surface area contributed by atoms with Gasteiger partial charge in [-0.25, -0.2) is 4.39 Å². The summed E-state index contributed by atoms with van der Waals surface area (Å²) in [5.41, 5.74) is 0.325. The highest BCUT2D eigenvalue weighted by molar-refractivity contribution is 5.71. The third kappa shape index (κ3) is 2.49. The molecule has 1 saturated heterocycles. The van der Waals surface area contributed by atoms with Crippen molar-refractivity contribution < 1.29 is 23.8 Å². The van der Waals surface area contributed by atoms with E-state index in [4.69, 9.17) is 14.6 Å². The van der Waals surface area contributed by atoms with Crippen molar-refractivity contribution in [2.24, 2.45) is 5.92 Å². The van der Waals surface area contributed by atoms with Crippen molar-refractivity contribution in [2.75, 3.05) is 20.8 Å². The van der Waals surface area contributed by atoms with Crippen LogP contribution in [0.1, 0.15) is 18.0 Å². The normalized spacial score (nSPS) is 22.3. The Hall–Kier alpha value is -1.82. The van der Waals surface area contributed by atoms with Gasteiger partial charge in [0, 0.05) is 12.6 Å². The van der Waals surface area contributed by atoms with E-state index in [1.165, 1.54) is 26.4 Å². The van der Waals surface area contributed by atoms with Crippen molar-refractivity contribution >= 4 is 5.97 Å². The molecule has 0 spiro atoms. The number of aliphatic carboxylic acids is 1. The Morgan fingerprint density at radius 2 is 2.16 bits per heavy atom. The average molecular weight is 269 g/mol. The third-order valence-electron chi connectivity index (χ3n) is 3.36. The van der Waals surface area contributed by atoms with Crippen LogP contribution in [0.4, 0.5) is 4.39 Å². The molecule has 0 saturated carbocycles. The van der Waals surface area contributed by atoms with E-state index in [2.05, 4.69) is 5.32 Å². The lowest BCUT2D eigenvalue weighted by atomic mass is 9.98. The lowest BCUT2D eigenvalue weighted by molar-refractivity contribution is -0.141. The van der Waals surface area contributed by atoms with Crippen LogP contribution in [0.5, 0.6) is 11.5 Å². The predicted molar refractivity (Wildman–Crippen MR) is 66.0 cm³/mol. The van der Waals surface area contributed by atoms with Crippen LogP contribution in [-0.2, 0) is 4.79 Å². The van der Waals surface area contributed by atoms with Gasteiger partial charge < -0.3 is 19.9 Å². The van der Waals surface area contributed by atoms with E-state index in [0.717, 1.165) is 0 Å². The quantitative estimate of drug-likeness (QED) is 0.868. The van der Waals surface area contributed by atoms with E-state index >= 15 is 0 Å². The van der Waals surface area contributed by atoms with Crippen LogP contribution in [0.2, 0.25) is 0 Å². The molecule has 0 amide bonds. The van der Waals surface area contributed by atoms with Crippen LogP contribution < -0.4 is 14.8 Å². The second kappa shape index (κ2) is 5.44. The molecule has 1 aromatic carbocycles. The molecule has 0 aromatic heterocycles. The summed E-state index contributed by atoms with van der Waals surface area (Å²) >= 11 is 0. The van der Waals surface area contributed by atoms with Gasteiger partial charge in [-0.15, -0.1) is 0 Å². The largest absolute Gasteiger partial charge is 0.493 e. The Kier molecular flexibility index (Phi) is 3.90. The fourth-order valence-electron chi connectivity index (χ4n) is 2.40. The number of carboxylic acids is 1. The van der Waals surface area contributed by atoms with E-state index < -0.39 is 17.7 Å². The molecule has 1 fully saturated rings. The van der Waals surface area contributed by atoms with E-state index in [9.17, 15) is 9.18 Å². The summed E-state index contributed by atoms with van der Waals surface area (Å²) in [7, 11) is 2.91. The fourth-order valence-corrected chi connectivity index (χ4v) is 2.40. The Bertz CT molecular complexity index is 492. The minimum absolute atomic E-state index is 0.311. The Morgan fingerprint density at radius 3 is 2.68 bits per heavy atom. The first-order chi connectivity index (χ1) is 9.08. The van der Waals surface area contributed by atoms with Crippen LogP contribution in [0.3, 0.4) is 0 Å². The number of benzene rings is 1. The molecule has 19 heavy (non-hydrogen) atoms. The molecular formula is C13H16FNO4. The van der Waals surface area contributed by atoms with Gasteiger partial charge in [0.1, 0.15) is 5.82 Å². The van der Waals surface area contributed by atoms with Crippen LogP contribution in [-0.4, -0.2) is 31.8 Å². The van der Waals surface area contributed by atoms with Gasteiger partial charge in [0.2, 0.25) is 0 Å². The number of carbonyl (C=O) groups is 1. The maximum atomic E-state index is 14.0. The van der Waals surface area contributed by atoms with Gasteiger partial charge in [-0.3, -0.25) is 4.79 Å². The summed E-state index contributed by atoms with van der Waals surface area (Å²) in [5, 5.41) is 12.0. The zero-order valence-electron chi connectivity index (χ0n) is 10.8. The molecule has 1 aromatic rings. The summed E-state index contributed by atoms with van der Waals surface area (Å²) in [6, 6.07) is 2.40. The van der Waals surface area contributed by atoms with Crippen LogP contribution in [0, 0.1) is 11.7 Å². The number of rotatable bonds is 4. The second-order valence-electron chi connectivity index (χ2n) is 4.43. The zero-order valence-corrected chi connectivity index (χ0v) is 10.8. The summed E-state index contributed by atoms with van der Waals surface area (Å²) in [4.78, 5) is 11.0. The summed E-state index contributed by atoms with van der Waals surface area (Å²) < 4.78 is 24.3. The molecule has 2 N–H and O–H groups in total. The zero-order chi connectivity index (χ0) is 14.0. The SMILES string of the molecule is COc1ccc(F)c(C2CC(C(=O)O)CN2)c1OC. The number of halogens is 1. The van der Waals surface area contributed by atoms with Gasteiger partial charge in [0.25, 0.3) is 0 Å². The molecule has 2 unspecified atom stereocenters. The van der Waals surface area contributed by atoms with Crippen LogP contribution in [0.15, 0.2) is 12.1 Å². The molecule has 0 radical (unpaired) electrons. The first-order valence-corrected chi connectivity index (χ1v) is 5.95. The van der Waals surface area contributed by atoms with Crippen LogP contribution in [0.25, 0.3) is 0 Å². The Balaban J connectivity index is 2.37. The molecule has 5 nitrogen and oxygen atoms in total. The number of methoxy groups -OCH3 is 2. The van der Waals surface area contributed by atoms with Crippen molar-refractivity contribution in [3.8, 4) is 11.5 Å². The fraction of sp³-hybridized carbons (Fsp3) is 0.462. The second-order valence-corrected chi connectivity index (χ2v) is 4.43. The number of nitrogens with one attached hydrogen (secondary N) is 1. The topological polar surface area (TPSA) is 67.8 Å². The number of hydrogen-bond donors (Lipinski definition) is 2. The Morgan fingerprint density at radius 1 is 1.42 bits per heavy atom. The van der Waals surface area contributed by atoms with E-state index in [-0.39, 0.29) is 6.04 Å². The van der Waals surface area contributed by atoms with E-state index in [0.29, 0.717) is 30.0 Å². The van der Waals surface area contributed by atoms with Crippen molar-refractivity contribution in [1.82, 2.24) is 5.32 Å². The van der Waals surface area contributed by atoms with Crippen molar-refractivity contribution in [3.63, 3.8) is 0 Å². The third-order valence-corrected chi connectivity index (χ3v) is 3.36. The molecule has 2 rings (SSSR count). The van der Waals surface area contributed by atoms with Crippen LogP contribution >= 0.6 is 0 Å². The summed E-state index contributed by atoms with van der Waals surface area (Å²) in [5.74, 6) is -1.08. The minimum Gasteiger partial charge on any atom is -0.493 e. The number of carboxylic acid groups (broad SMARTS) is 1. The van der Waals surface area contributed by atoms with E-state index in [1.54, 1.807) is 0 Å². The smallest absolute Gasteiger partial charge is 0.307 e. The van der Waals surface area contributed by atoms with Gasteiger partial charge in [-0.1, -0.05) is 0 Å². The molecule has 1 heterocycles. The molecule has 1 aliphatic rings. The van der Waals surface area contributed by atoms with Gasteiger partial charge >= 0.3 is 5.97 Å². The molecule has 0 bridgehead atoms. The van der Waals surface area contributed by atoms with Gasteiger partial charge in [-0.05, 0) is 18.6 Å². The maximum Gasteiger partial charge on any atom is 0.307 e. The average Bonchev–Trinajstić information content (AvgIpc) is 2.87. The lowest BCUT2D eigenvalue weighted by Crippen LogP contribution is -2.18. The maximum absolute atomic E-state index is 14.0. The molecule has 2 atom stereocenters. The summed E-state index contributed by atoms with van der Waals surface area (Å²) in [6.07, 6.45) is 0.329. The lowest BCUT2D eigenvalue weighted by Gasteiger charge is -2.18. The molecule has 6 heteroatoms. The first kappa shape index (κ1) is 13.6. The molecule has 1 aliphatic heterocycles. The highest BCUT2D eigenvalue weighted by atomic mass is 19.1. The van der Waals surface area contributed by atoms with Crippen molar-refractivity contribution in [2.45, 2.75) is 12.5 Å². The highest BCUT2D eigenvalue weighted by Gasteiger charge is 2.34. The van der Waals surface area contributed by atoms with Gasteiger partial charge in [0.05, 0.1) is 25.7 Å². The number of hydrogen-bond acceptors (Lipinski definition) is 4. The predicted octanol–water partition coefficient (Wildman–Crippen LogP) is 1.58. The van der Waals surface area contributed by atoms with Gasteiger partial charge in [-0.2, -0.15) is 0 Å². The van der Waals surface area contributed by atoms with E-state index in [1.807, 2.05) is 0 Å².